The number of aryl methyl sites for hydroxylation is 5. The van der Waals surface area contributed by atoms with E-state index in [9.17, 15) is 9.90 Å². The Bertz CT molecular complexity index is 2440. The summed E-state index contributed by atoms with van der Waals surface area (Å²) in [7, 11) is 0. The fourth-order valence-corrected chi connectivity index (χ4v) is 8.07. The number of pyridine rings is 2. The number of rotatable bonds is 10. The van der Waals surface area contributed by atoms with Crippen LogP contribution in [0.2, 0.25) is 0 Å². The molecule has 2 aromatic heterocycles. The normalized spacial score (nSPS) is 13.6. The van der Waals surface area contributed by atoms with Crippen LogP contribution in [0.5, 0.6) is 0 Å². The van der Waals surface area contributed by atoms with Crippen LogP contribution >= 0.6 is 0 Å². The Morgan fingerprint density at radius 1 is 0.707 bits per heavy atom. The number of aliphatic hydroxyl groups is 1. The second-order valence-corrected chi connectivity index (χ2v) is 15.8. The summed E-state index contributed by atoms with van der Waals surface area (Å²) in [5, 5.41) is 13.7. The molecule has 7 rings (SSSR count). The van der Waals surface area contributed by atoms with Crippen molar-refractivity contribution in [3.63, 3.8) is 0 Å². The van der Waals surface area contributed by atoms with Crippen molar-refractivity contribution in [3.05, 3.63) is 142 Å². The Morgan fingerprint density at radius 2 is 1.24 bits per heavy atom. The van der Waals surface area contributed by atoms with E-state index in [-0.39, 0.29) is 55.7 Å². The van der Waals surface area contributed by atoms with Crippen molar-refractivity contribution >= 4 is 27.3 Å². The molecule has 1 aliphatic rings. The molecule has 0 saturated heterocycles. The van der Waals surface area contributed by atoms with Crippen LogP contribution in [-0.4, -0.2) is 20.9 Å². The van der Waals surface area contributed by atoms with Crippen LogP contribution in [0.3, 0.4) is 0 Å². The Kier molecular flexibility index (Phi) is 15.9. The number of aliphatic hydroxyl groups excluding tert-OH is 1. The maximum Gasteiger partial charge on any atom is 0.162 e. The second kappa shape index (κ2) is 22.1. The van der Waals surface area contributed by atoms with E-state index in [0.29, 0.717) is 12.1 Å². The van der Waals surface area contributed by atoms with Gasteiger partial charge in [0.25, 0.3) is 0 Å². The predicted octanol–water partition coefficient (Wildman–Crippen LogP) is 14.5. The zero-order valence-corrected chi connectivity index (χ0v) is 38.3. The summed E-state index contributed by atoms with van der Waals surface area (Å²) < 4.78 is 24.4. The van der Waals surface area contributed by atoms with Crippen LogP contribution in [0.25, 0.3) is 44.1 Å². The van der Waals surface area contributed by atoms with Crippen molar-refractivity contribution < 1.29 is 34.1 Å². The first-order valence-corrected chi connectivity index (χ1v) is 20.9. The van der Waals surface area contributed by atoms with Crippen molar-refractivity contribution in [2.45, 2.75) is 120 Å². The van der Waals surface area contributed by atoms with Crippen molar-refractivity contribution in [1.82, 2.24) is 9.97 Å². The summed E-state index contributed by atoms with van der Waals surface area (Å²) in [5.74, 6) is 1.15. The van der Waals surface area contributed by atoms with Gasteiger partial charge in [-0.2, -0.15) is 0 Å². The fraction of sp³-hybridized carbons (Fsp3) is 0.377. The van der Waals surface area contributed by atoms with Gasteiger partial charge in [0, 0.05) is 50.4 Å². The first kappa shape index (κ1) is 41.7. The third-order valence-electron chi connectivity index (χ3n) is 11.2. The summed E-state index contributed by atoms with van der Waals surface area (Å²) in [6.45, 7) is 18.3. The molecule has 307 valence electrons. The minimum Gasteiger partial charge on any atom is -0.512 e. The van der Waals surface area contributed by atoms with Gasteiger partial charge in [0.15, 0.2) is 5.78 Å². The molecule has 0 atom stereocenters. The molecule has 58 heavy (non-hydrogen) atoms. The van der Waals surface area contributed by atoms with E-state index in [1.807, 2.05) is 47.6 Å². The van der Waals surface area contributed by atoms with Gasteiger partial charge in [-0.05, 0) is 102 Å². The van der Waals surface area contributed by atoms with Gasteiger partial charge >= 0.3 is 0 Å². The SMILES string of the molecule is CCC(CC)C(=O)/C=C(\O)C(CC)CC.[2H]c1cc2cc(C)ccc2c(-c2[c-]c(C)cc(C)c2)n1.[2H]c1nc(-c2[c-]c(C)cc(C)c2)c2ccc(C3CCCC3)cc2c1[2H].[Ir]. The molecule has 1 saturated carbocycles. The largest absolute Gasteiger partial charge is 0.512 e. The average Bonchev–Trinajstić information content (AvgIpc) is 3.75. The van der Waals surface area contributed by atoms with Crippen molar-refractivity contribution in [2.24, 2.45) is 11.8 Å². The first-order valence-electron chi connectivity index (χ1n) is 22.4. The van der Waals surface area contributed by atoms with Crippen LogP contribution in [0.15, 0.2) is 97.0 Å². The summed E-state index contributed by atoms with van der Waals surface area (Å²) in [5.41, 5.74) is 10.5. The van der Waals surface area contributed by atoms with Gasteiger partial charge < -0.3 is 15.1 Å². The molecule has 4 aromatic carbocycles. The standard InChI is InChI=1S/C22H22N.C18H16N.C13H24O2.Ir/c1-15-11-16(2)13-20(12-15)22-21-8-7-18(17-5-3-4-6-17)14-19(21)9-10-23-22;1-12-4-5-17-15(9-12)6-7-19-18(17)16-10-13(2)8-14(3)11-16;1-5-10(6-2)12(14)9-13(15)11(7-3)8-4;/h7-12,14,17H,3-6H2,1-2H3;4-10H,1-3H3;9-11,14H,5-8H2,1-4H3;/q2*-1;;/b;;12-9-;/i9D,10D;7D;;. The molecule has 0 unspecified atom stereocenters. The zero-order valence-electron chi connectivity index (χ0n) is 38.9. The number of carbonyl (C=O) groups is 1. The van der Waals surface area contributed by atoms with Gasteiger partial charge in [-0.15, -0.1) is 69.8 Å². The second-order valence-electron chi connectivity index (χ2n) is 15.8. The maximum absolute atomic E-state index is 11.7. The molecule has 6 aromatic rings. The molecule has 1 radical (unpaired) electrons. The van der Waals surface area contributed by atoms with Crippen LogP contribution < -0.4 is 0 Å². The van der Waals surface area contributed by atoms with Gasteiger partial charge in [-0.25, -0.2) is 0 Å². The quantitative estimate of drug-likeness (QED) is 0.0844. The molecule has 2 heterocycles. The van der Waals surface area contributed by atoms with E-state index < -0.39 is 0 Å². The number of aromatic nitrogens is 2. The van der Waals surface area contributed by atoms with E-state index in [2.05, 4.69) is 104 Å². The number of carbonyl (C=O) groups excluding carboxylic acids is 1. The third-order valence-corrected chi connectivity index (χ3v) is 11.2. The average molecular weight is 954 g/mol. The first-order chi connectivity index (χ1) is 28.6. The van der Waals surface area contributed by atoms with Gasteiger partial charge in [0.2, 0.25) is 0 Å². The predicted molar refractivity (Wildman–Crippen MR) is 241 cm³/mol. The molecule has 0 bridgehead atoms. The zero-order chi connectivity index (χ0) is 43.7. The van der Waals surface area contributed by atoms with Crippen molar-refractivity contribution in [3.8, 4) is 22.5 Å². The Balaban J connectivity index is 0.000000207. The topological polar surface area (TPSA) is 63.1 Å². The number of hydrogen-bond acceptors (Lipinski definition) is 4. The minimum atomic E-state index is 0. The number of benzene rings is 4. The molecule has 5 heteroatoms. The molecule has 1 fully saturated rings. The smallest absolute Gasteiger partial charge is 0.162 e. The molecule has 1 N–H and O–H groups in total. The van der Waals surface area contributed by atoms with Crippen LogP contribution in [0.1, 0.15) is 122 Å². The van der Waals surface area contributed by atoms with E-state index in [4.69, 9.17) is 4.11 Å². The Labute approximate surface area is 366 Å². The van der Waals surface area contributed by atoms with E-state index in [1.54, 1.807) is 0 Å². The molecule has 0 spiro atoms. The maximum atomic E-state index is 11.7. The molecule has 1 aliphatic carbocycles. The molecular formula is C53H62IrN2O2-2. The van der Waals surface area contributed by atoms with Gasteiger partial charge in [-0.1, -0.05) is 110 Å². The number of nitrogens with zero attached hydrogens (tertiary/aromatic N) is 2. The fourth-order valence-electron chi connectivity index (χ4n) is 8.07. The van der Waals surface area contributed by atoms with Crippen molar-refractivity contribution in [2.75, 3.05) is 0 Å². The summed E-state index contributed by atoms with van der Waals surface area (Å²) in [6.07, 6.45) is 10.3. The van der Waals surface area contributed by atoms with Crippen LogP contribution in [0.4, 0.5) is 0 Å². The number of allylic oxidation sites excluding steroid dienone is 2. The Morgan fingerprint density at radius 3 is 1.79 bits per heavy atom. The number of fused-ring (bicyclic) bond motifs is 2. The van der Waals surface area contributed by atoms with Gasteiger partial charge in [-0.3, -0.25) is 4.79 Å². The number of hydrogen-bond donors (Lipinski definition) is 1. The number of ketones is 1. The summed E-state index contributed by atoms with van der Waals surface area (Å²) >= 11 is 0. The van der Waals surface area contributed by atoms with Crippen LogP contribution in [0, 0.1) is 58.6 Å². The van der Waals surface area contributed by atoms with Crippen LogP contribution in [-0.2, 0) is 24.9 Å². The monoisotopic (exact) mass is 954 g/mol. The van der Waals surface area contributed by atoms with E-state index >= 15 is 0 Å². The summed E-state index contributed by atoms with van der Waals surface area (Å²) in [6, 6.07) is 29.7. The van der Waals surface area contributed by atoms with E-state index in [1.165, 1.54) is 48.4 Å². The molecule has 4 nitrogen and oxygen atoms in total. The van der Waals surface area contributed by atoms with Crippen molar-refractivity contribution in [1.29, 1.82) is 0 Å². The Hall–Kier alpha value is -4.44. The van der Waals surface area contributed by atoms with Gasteiger partial charge in [0.05, 0.1) is 9.87 Å². The third kappa shape index (κ3) is 12.1. The van der Waals surface area contributed by atoms with E-state index in [0.717, 1.165) is 86.4 Å². The molecule has 0 amide bonds. The summed E-state index contributed by atoms with van der Waals surface area (Å²) in [4.78, 5) is 20.6. The van der Waals surface area contributed by atoms with Gasteiger partial charge in [0.1, 0.15) is 0 Å². The molecule has 0 aliphatic heterocycles. The molecular weight excluding hydrogens is 889 g/mol. The minimum absolute atomic E-state index is 0.